The van der Waals surface area contributed by atoms with E-state index in [4.69, 9.17) is 33.2 Å². The predicted molar refractivity (Wildman–Crippen MR) is 232 cm³/mol. The molecular weight excluding hydrogens is 789 g/mol. The van der Waals surface area contributed by atoms with Crippen LogP contribution in [-0.4, -0.2) is 177 Å². The Morgan fingerprint density at radius 2 is 1.46 bits per heavy atom. The van der Waals surface area contributed by atoms with Gasteiger partial charge in [-0.05, 0) is 92.7 Å². The average Bonchev–Trinajstić information content (AvgIpc) is 3.21. The fourth-order valence-corrected chi connectivity index (χ4v) is 8.89. The summed E-state index contributed by atoms with van der Waals surface area (Å²) in [7, 11) is 8.61. The molecule has 0 aromatic heterocycles. The third-order valence-electron chi connectivity index (χ3n) is 12.7. The van der Waals surface area contributed by atoms with E-state index in [0.29, 0.717) is 25.8 Å². The van der Waals surface area contributed by atoms with Crippen molar-refractivity contribution in [3.05, 3.63) is 23.8 Å². The molecule has 2 fully saturated rings. The highest BCUT2D eigenvalue weighted by molar-refractivity contribution is 5.91. The van der Waals surface area contributed by atoms with Gasteiger partial charge < -0.3 is 63.4 Å². The van der Waals surface area contributed by atoms with Gasteiger partial charge in [0.2, 0.25) is 0 Å². The molecule has 3 aliphatic rings. The second-order valence-corrected chi connectivity index (χ2v) is 18.0. The number of esters is 1. The van der Waals surface area contributed by atoms with Crippen LogP contribution in [0.3, 0.4) is 0 Å². The van der Waals surface area contributed by atoms with Crippen molar-refractivity contribution in [3.8, 4) is 0 Å². The Labute approximate surface area is 366 Å². The van der Waals surface area contributed by atoms with Gasteiger partial charge in [0.05, 0.1) is 49.6 Å². The minimum absolute atomic E-state index is 0.0118. The van der Waals surface area contributed by atoms with Crippen molar-refractivity contribution in [1.82, 2.24) is 9.80 Å². The number of nitrogens with zero attached hydrogens (tertiary/aromatic N) is 2. The molecule has 354 valence electrons. The monoisotopic (exact) mass is 871 g/mol. The van der Waals surface area contributed by atoms with E-state index in [9.17, 15) is 30.0 Å². The van der Waals surface area contributed by atoms with Gasteiger partial charge in [-0.25, -0.2) is 0 Å². The first-order valence-electron chi connectivity index (χ1n) is 22.8. The zero-order valence-electron chi connectivity index (χ0n) is 39.0. The first-order chi connectivity index (χ1) is 28.9. The molecule has 0 aromatic rings. The lowest BCUT2D eigenvalue weighted by Crippen LogP contribution is -2.62. The van der Waals surface area contributed by atoms with Crippen molar-refractivity contribution >= 4 is 11.8 Å². The Balaban J connectivity index is 1.95. The molecule has 15 heteroatoms. The summed E-state index contributed by atoms with van der Waals surface area (Å²) in [5.41, 5.74) is 0.760. The van der Waals surface area contributed by atoms with Gasteiger partial charge in [-0.15, -0.1) is 0 Å². The number of methoxy groups -OCH3 is 2. The highest BCUT2D eigenvalue weighted by Crippen LogP contribution is 2.33. The van der Waals surface area contributed by atoms with Gasteiger partial charge in [0.15, 0.2) is 18.4 Å². The Morgan fingerprint density at radius 1 is 0.803 bits per heavy atom. The molecule has 15 nitrogen and oxygen atoms in total. The molecule has 0 radical (unpaired) electrons. The van der Waals surface area contributed by atoms with Gasteiger partial charge >= 0.3 is 5.97 Å². The van der Waals surface area contributed by atoms with Crippen molar-refractivity contribution in [3.63, 3.8) is 0 Å². The van der Waals surface area contributed by atoms with Crippen molar-refractivity contribution in [2.75, 3.05) is 55.1 Å². The number of aliphatic hydroxyl groups excluding tert-OH is 4. The number of ketones is 1. The third-order valence-corrected chi connectivity index (χ3v) is 12.7. The molecule has 4 N–H and O–H groups in total. The minimum Gasteiger partial charge on any atom is -0.462 e. The second kappa shape index (κ2) is 26.8. The normalized spacial score (nSPS) is 37.6. The summed E-state index contributed by atoms with van der Waals surface area (Å²) in [5.74, 6) is -1.86. The SMILES string of the molecule is CCCCCCCN(C)CC[C@H]1C[C@@H](C)C(=O)C=CC(C)=C[C@H](CO[C@@H]2OC(C)[C@@H](O)[C@H](OC)C2OC)[C@@H](CC)OC(=O)C[C@@H](O)C[C@H]1OC1OC(C)[C@@H](O)[C@@H](N(C)C)[C@@H]1O. The molecule has 0 saturated carbocycles. The van der Waals surface area contributed by atoms with E-state index >= 15 is 0 Å². The summed E-state index contributed by atoms with van der Waals surface area (Å²) in [4.78, 5) is 31.6. The number of unbranched alkanes of at least 4 members (excludes halogenated alkanes) is 4. The third kappa shape index (κ3) is 16.3. The Bertz CT molecular complexity index is 1350. The first-order valence-corrected chi connectivity index (χ1v) is 22.8. The zero-order chi connectivity index (χ0) is 45.4. The van der Waals surface area contributed by atoms with Gasteiger partial charge in [0.1, 0.15) is 30.5 Å². The van der Waals surface area contributed by atoms with E-state index in [1.54, 1.807) is 45.0 Å². The molecule has 0 aliphatic carbocycles. The Morgan fingerprint density at radius 3 is 2.10 bits per heavy atom. The molecule has 3 aliphatic heterocycles. The number of hydrogen-bond acceptors (Lipinski definition) is 15. The standard InChI is InChI=1S/C46H82N2O13/c1-12-14-15-16-17-21-48(9)22-20-32-24-29(4)35(50)19-18-28(3)23-33(27-57-46-44(56-11)43(55-10)41(53)31(6)59-46)36(13-2)60-38(51)26-34(49)25-37(32)61-45-42(54)39(47(7)8)40(52)30(5)58-45/h18-19,23,29-34,36-37,39-46,49,52-54H,12-17,20-22,24-27H2,1-11H3/t29-,30?,31?,32+,33-,34+,36-,37-,39-,40-,41-,42+,43+,44?,45?,46-/m1/s1. The van der Waals surface area contributed by atoms with Crippen LogP contribution in [0, 0.1) is 17.8 Å². The number of aliphatic hydroxyl groups is 4. The van der Waals surface area contributed by atoms with Crippen LogP contribution >= 0.6 is 0 Å². The molecule has 4 unspecified atom stereocenters. The summed E-state index contributed by atoms with van der Waals surface area (Å²) in [6.07, 6.45) is 1.81. The van der Waals surface area contributed by atoms with Gasteiger partial charge in [-0.1, -0.05) is 64.2 Å². The quantitative estimate of drug-likeness (QED) is 0.114. The maximum absolute atomic E-state index is 13.9. The number of carbonyl (C=O) groups is 2. The maximum Gasteiger partial charge on any atom is 0.308 e. The Hall–Kier alpha value is -1.86. The van der Waals surface area contributed by atoms with Crippen LogP contribution in [0.25, 0.3) is 0 Å². The lowest BCUT2D eigenvalue weighted by Gasteiger charge is -2.46. The van der Waals surface area contributed by atoms with Crippen molar-refractivity contribution in [2.24, 2.45) is 17.8 Å². The van der Waals surface area contributed by atoms with E-state index in [-0.39, 0.29) is 31.1 Å². The number of carbonyl (C=O) groups excluding carboxylic acids is 2. The molecule has 16 atom stereocenters. The summed E-state index contributed by atoms with van der Waals surface area (Å²) in [5, 5.41) is 44.8. The van der Waals surface area contributed by atoms with E-state index in [1.807, 2.05) is 26.8 Å². The molecule has 0 bridgehead atoms. The molecule has 2 saturated heterocycles. The molecular formula is C46H82N2O13. The number of likely N-dealkylation sites (N-methyl/N-ethyl adjacent to an activating group) is 1. The van der Waals surface area contributed by atoms with E-state index < -0.39 is 97.5 Å². The van der Waals surface area contributed by atoms with Crippen LogP contribution in [-0.2, 0) is 42.7 Å². The minimum atomic E-state index is -1.22. The smallest absolute Gasteiger partial charge is 0.308 e. The molecule has 0 spiro atoms. The fraction of sp³-hybridized carbons (Fsp3) is 0.870. The highest BCUT2D eigenvalue weighted by atomic mass is 16.7. The van der Waals surface area contributed by atoms with Crippen molar-refractivity contribution in [1.29, 1.82) is 0 Å². The van der Waals surface area contributed by atoms with Crippen LogP contribution in [0.5, 0.6) is 0 Å². The van der Waals surface area contributed by atoms with Crippen LogP contribution < -0.4 is 0 Å². The lowest BCUT2D eigenvalue weighted by atomic mass is 9.83. The highest BCUT2D eigenvalue weighted by Gasteiger charge is 2.47. The first kappa shape index (κ1) is 53.5. The fourth-order valence-electron chi connectivity index (χ4n) is 8.89. The molecule has 3 rings (SSSR count). The maximum atomic E-state index is 13.9. The summed E-state index contributed by atoms with van der Waals surface area (Å²) < 4.78 is 42.3. The number of hydrogen-bond donors (Lipinski definition) is 4. The van der Waals surface area contributed by atoms with Gasteiger partial charge in [-0.2, -0.15) is 0 Å². The largest absolute Gasteiger partial charge is 0.462 e. The number of cyclic esters (lactones) is 1. The lowest BCUT2D eigenvalue weighted by molar-refractivity contribution is -0.304. The second-order valence-electron chi connectivity index (χ2n) is 18.0. The predicted octanol–water partition coefficient (Wildman–Crippen LogP) is 4.02. The molecule has 61 heavy (non-hydrogen) atoms. The topological polar surface area (TPSA) is 186 Å². The van der Waals surface area contributed by atoms with Gasteiger partial charge in [0, 0.05) is 32.5 Å². The van der Waals surface area contributed by atoms with Gasteiger partial charge in [-0.3, -0.25) is 9.59 Å². The number of rotatable bonds is 18. The number of allylic oxidation sites excluding steroid dienone is 3. The van der Waals surface area contributed by atoms with E-state index in [0.717, 1.165) is 25.0 Å². The summed E-state index contributed by atoms with van der Waals surface area (Å²) in [6, 6.07) is -0.677. The summed E-state index contributed by atoms with van der Waals surface area (Å²) >= 11 is 0. The van der Waals surface area contributed by atoms with E-state index in [1.165, 1.54) is 33.5 Å². The van der Waals surface area contributed by atoms with Crippen LogP contribution in [0.4, 0.5) is 0 Å². The average molecular weight is 871 g/mol. The molecule has 0 aromatic carbocycles. The summed E-state index contributed by atoms with van der Waals surface area (Å²) in [6.45, 7) is 13.0. The van der Waals surface area contributed by atoms with Crippen LogP contribution in [0.1, 0.15) is 106 Å². The molecule has 3 heterocycles. The van der Waals surface area contributed by atoms with Crippen molar-refractivity contribution < 1.29 is 63.2 Å². The molecule has 0 amide bonds. The van der Waals surface area contributed by atoms with Crippen LogP contribution in [0.15, 0.2) is 23.8 Å². The van der Waals surface area contributed by atoms with Crippen molar-refractivity contribution in [2.45, 2.75) is 185 Å². The van der Waals surface area contributed by atoms with E-state index in [2.05, 4.69) is 18.9 Å². The zero-order valence-corrected chi connectivity index (χ0v) is 39.0. The number of ether oxygens (including phenoxy) is 7. The van der Waals surface area contributed by atoms with Gasteiger partial charge in [0.25, 0.3) is 0 Å². The van der Waals surface area contributed by atoms with Crippen LogP contribution in [0.2, 0.25) is 0 Å². The Kier molecular flexibility index (Phi) is 23.5.